The van der Waals surface area contributed by atoms with Gasteiger partial charge in [-0.25, -0.2) is 4.79 Å². The quantitative estimate of drug-likeness (QED) is 0.797. The van der Waals surface area contributed by atoms with Gasteiger partial charge in [-0.3, -0.25) is 0 Å². The molecule has 1 unspecified atom stereocenters. The highest BCUT2D eigenvalue weighted by molar-refractivity contribution is 5.82. The van der Waals surface area contributed by atoms with Crippen molar-refractivity contribution in [2.75, 3.05) is 19.0 Å². The van der Waals surface area contributed by atoms with E-state index >= 15 is 0 Å². The number of benzene rings is 1. The molecule has 17 heavy (non-hydrogen) atoms. The van der Waals surface area contributed by atoms with Crippen LogP contribution in [-0.4, -0.2) is 30.3 Å². The highest BCUT2D eigenvalue weighted by Crippen LogP contribution is 2.22. The Labute approximate surface area is 102 Å². The zero-order valence-corrected chi connectivity index (χ0v) is 10.5. The summed E-state index contributed by atoms with van der Waals surface area (Å²) in [5.74, 6) is -0.877. The number of aryl methyl sites for hydroxylation is 1. The Bertz CT molecular complexity index is 392. The summed E-state index contributed by atoms with van der Waals surface area (Å²) in [6, 6.07) is 7.63. The van der Waals surface area contributed by atoms with Gasteiger partial charge in [0.25, 0.3) is 0 Å². The zero-order chi connectivity index (χ0) is 12.9. The maximum absolute atomic E-state index is 11.3. The van der Waals surface area contributed by atoms with E-state index in [-0.39, 0.29) is 0 Å². The van der Waals surface area contributed by atoms with E-state index in [4.69, 9.17) is 4.74 Å². The Morgan fingerprint density at radius 2 is 2.12 bits per heavy atom. The number of anilines is 1. The second-order valence-electron chi connectivity index (χ2n) is 4.32. The van der Waals surface area contributed by atoms with Crippen molar-refractivity contribution in [2.45, 2.75) is 25.8 Å². The summed E-state index contributed by atoms with van der Waals surface area (Å²) in [5, 5.41) is 12.4. The Hall–Kier alpha value is -1.55. The van der Waals surface area contributed by atoms with E-state index in [0.717, 1.165) is 11.3 Å². The molecule has 2 N–H and O–H groups in total. The molecular weight excluding hydrogens is 218 g/mol. The van der Waals surface area contributed by atoms with Crippen LogP contribution in [0.5, 0.6) is 0 Å². The number of hydrogen-bond donors (Lipinski definition) is 2. The summed E-state index contributed by atoms with van der Waals surface area (Å²) >= 11 is 0. The van der Waals surface area contributed by atoms with Gasteiger partial charge in [-0.1, -0.05) is 18.2 Å². The monoisotopic (exact) mass is 237 g/mol. The first-order valence-corrected chi connectivity index (χ1v) is 5.56. The summed E-state index contributed by atoms with van der Waals surface area (Å²) in [7, 11) is 1.57. The lowest BCUT2D eigenvalue weighted by molar-refractivity contribution is -0.142. The fraction of sp³-hybridized carbons (Fsp3) is 0.462. The van der Waals surface area contributed by atoms with Crippen molar-refractivity contribution in [3.8, 4) is 0 Å². The highest BCUT2D eigenvalue weighted by atomic mass is 16.5. The molecule has 1 rings (SSSR count). The standard InChI is InChI=1S/C13H19NO3/c1-10-6-4-5-7-11(10)14-13(2,12(15)16)8-9-17-3/h4-7,14H,8-9H2,1-3H3,(H,15,16). The van der Waals surface area contributed by atoms with Gasteiger partial charge in [0.15, 0.2) is 0 Å². The van der Waals surface area contributed by atoms with Crippen LogP contribution in [0.15, 0.2) is 24.3 Å². The Kier molecular flexibility index (Phi) is 4.52. The summed E-state index contributed by atoms with van der Waals surface area (Å²) in [5.41, 5.74) is 0.855. The molecule has 0 aliphatic rings. The molecule has 0 saturated heterocycles. The predicted molar refractivity (Wildman–Crippen MR) is 67.3 cm³/mol. The van der Waals surface area contributed by atoms with Crippen LogP contribution in [-0.2, 0) is 9.53 Å². The largest absolute Gasteiger partial charge is 0.480 e. The van der Waals surface area contributed by atoms with Crippen molar-refractivity contribution in [3.63, 3.8) is 0 Å². The first-order chi connectivity index (χ1) is 7.99. The first kappa shape index (κ1) is 13.5. The van der Waals surface area contributed by atoms with Gasteiger partial charge in [-0.15, -0.1) is 0 Å². The van der Waals surface area contributed by atoms with Gasteiger partial charge >= 0.3 is 5.97 Å². The highest BCUT2D eigenvalue weighted by Gasteiger charge is 2.32. The minimum Gasteiger partial charge on any atom is -0.480 e. The lowest BCUT2D eigenvalue weighted by Crippen LogP contribution is -2.44. The molecule has 0 radical (unpaired) electrons. The molecular formula is C13H19NO3. The van der Waals surface area contributed by atoms with E-state index in [1.165, 1.54) is 0 Å². The van der Waals surface area contributed by atoms with Crippen molar-refractivity contribution in [1.29, 1.82) is 0 Å². The van der Waals surface area contributed by atoms with E-state index in [0.29, 0.717) is 13.0 Å². The molecule has 0 bridgehead atoms. The number of aliphatic carboxylic acids is 1. The van der Waals surface area contributed by atoms with Crippen molar-refractivity contribution >= 4 is 11.7 Å². The van der Waals surface area contributed by atoms with Gasteiger partial charge < -0.3 is 15.2 Å². The van der Waals surface area contributed by atoms with E-state index in [1.54, 1.807) is 14.0 Å². The number of hydrogen-bond acceptors (Lipinski definition) is 3. The molecule has 0 fully saturated rings. The van der Waals surface area contributed by atoms with Crippen LogP contribution in [0, 0.1) is 6.92 Å². The Morgan fingerprint density at radius 3 is 2.65 bits per heavy atom. The van der Waals surface area contributed by atoms with Crippen LogP contribution < -0.4 is 5.32 Å². The molecule has 0 aliphatic heterocycles. The molecule has 4 heteroatoms. The summed E-state index contributed by atoms with van der Waals surface area (Å²) in [6.07, 6.45) is 0.410. The maximum atomic E-state index is 11.3. The molecule has 0 saturated carbocycles. The molecule has 1 aromatic rings. The van der Waals surface area contributed by atoms with Gasteiger partial charge in [0.2, 0.25) is 0 Å². The molecule has 0 aromatic heterocycles. The smallest absolute Gasteiger partial charge is 0.329 e. The number of ether oxygens (including phenoxy) is 1. The van der Waals surface area contributed by atoms with Gasteiger partial charge in [-0.2, -0.15) is 0 Å². The van der Waals surface area contributed by atoms with E-state index in [2.05, 4.69) is 5.32 Å². The Morgan fingerprint density at radius 1 is 1.47 bits per heavy atom. The fourth-order valence-electron chi connectivity index (χ4n) is 1.54. The maximum Gasteiger partial charge on any atom is 0.329 e. The van der Waals surface area contributed by atoms with Crippen LogP contribution in [0.4, 0.5) is 5.69 Å². The average Bonchev–Trinajstić information content (AvgIpc) is 2.29. The van der Waals surface area contributed by atoms with Crippen LogP contribution in [0.2, 0.25) is 0 Å². The average molecular weight is 237 g/mol. The number of carboxylic acid groups (broad SMARTS) is 1. The molecule has 1 aromatic carbocycles. The molecule has 0 aliphatic carbocycles. The molecule has 0 spiro atoms. The van der Waals surface area contributed by atoms with Gasteiger partial charge in [0.05, 0.1) is 0 Å². The zero-order valence-electron chi connectivity index (χ0n) is 10.5. The number of carboxylic acids is 1. The molecule has 4 nitrogen and oxygen atoms in total. The normalized spacial score (nSPS) is 14.1. The molecule has 94 valence electrons. The third kappa shape index (κ3) is 3.46. The second kappa shape index (κ2) is 5.68. The minimum absolute atomic E-state index is 0.404. The van der Waals surface area contributed by atoms with E-state index in [1.807, 2.05) is 31.2 Å². The third-order valence-corrected chi connectivity index (χ3v) is 2.83. The molecule has 1 atom stereocenters. The number of para-hydroxylation sites is 1. The van der Waals surface area contributed by atoms with Crippen molar-refractivity contribution < 1.29 is 14.6 Å². The SMILES string of the molecule is COCCC(C)(Nc1ccccc1C)C(=O)O. The van der Waals surface area contributed by atoms with Crippen LogP contribution in [0.1, 0.15) is 18.9 Å². The fourth-order valence-corrected chi connectivity index (χ4v) is 1.54. The van der Waals surface area contributed by atoms with E-state index < -0.39 is 11.5 Å². The first-order valence-electron chi connectivity index (χ1n) is 5.56. The second-order valence-corrected chi connectivity index (χ2v) is 4.32. The number of rotatable bonds is 6. The third-order valence-electron chi connectivity index (χ3n) is 2.83. The topological polar surface area (TPSA) is 58.6 Å². The van der Waals surface area contributed by atoms with Crippen LogP contribution in [0.25, 0.3) is 0 Å². The van der Waals surface area contributed by atoms with Gasteiger partial charge in [0.1, 0.15) is 5.54 Å². The summed E-state index contributed by atoms with van der Waals surface area (Å²) < 4.78 is 4.95. The Balaban J connectivity index is 2.87. The number of nitrogens with one attached hydrogen (secondary N) is 1. The van der Waals surface area contributed by atoms with Crippen molar-refractivity contribution in [3.05, 3.63) is 29.8 Å². The van der Waals surface area contributed by atoms with Gasteiger partial charge in [-0.05, 0) is 25.5 Å². The van der Waals surface area contributed by atoms with Crippen molar-refractivity contribution in [1.82, 2.24) is 0 Å². The lowest BCUT2D eigenvalue weighted by atomic mass is 9.97. The van der Waals surface area contributed by atoms with Crippen molar-refractivity contribution in [2.24, 2.45) is 0 Å². The van der Waals surface area contributed by atoms with Gasteiger partial charge in [0, 0.05) is 25.8 Å². The number of carbonyl (C=O) groups is 1. The molecule has 0 amide bonds. The summed E-state index contributed by atoms with van der Waals surface area (Å²) in [4.78, 5) is 11.3. The number of methoxy groups -OCH3 is 1. The summed E-state index contributed by atoms with van der Waals surface area (Å²) in [6.45, 7) is 4.02. The van der Waals surface area contributed by atoms with E-state index in [9.17, 15) is 9.90 Å². The van der Waals surface area contributed by atoms with Crippen LogP contribution in [0.3, 0.4) is 0 Å². The molecule has 0 heterocycles. The van der Waals surface area contributed by atoms with Crippen LogP contribution >= 0.6 is 0 Å². The minimum atomic E-state index is -1.01. The predicted octanol–water partition coefficient (Wildman–Crippen LogP) is 2.29. The lowest BCUT2D eigenvalue weighted by Gasteiger charge is -2.28.